The van der Waals surface area contributed by atoms with Crippen molar-refractivity contribution >= 4 is 41.8 Å². The van der Waals surface area contributed by atoms with E-state index < -0.39 is 5.97 Å². The van der Waals surface area contributed by atoms with E-state index >= 15 is 0 Å². The average Bonchev–Trinajstić information content (AvgIpc) is 3.15. The molecule has 9 heteroatoms. The second-order valence-electron chi connectivity index (χ2n) is 8.06. The second-order valence-corrected chi connectivity index (χ2v) is 8.50. The van der Waals surface area contributed by atoms with Gasteiger partial charge < -0.3 is 15.7 Å². The minimum atomic E-state index is -1.03. The summed E-state index contributed by atoms with van der Waals surface area (Å²) >= 11 is 6.20. The second kappa shape index (κ2) is 9.42. The summed E-state index contributed by atoms with van der Waals surface area (Å²) in [7, 11) is 0. The number of carbonyl (C=O) groups is 2. The average molecular weight is 465 g/mol. The molecule has 0 bridgehead atoms. The van der Waals surface area contributed by atoms with E-state index in [1.165, 1.54) is 17.8 Å². The predicted octanol–water partition coefficient (Wildman–Crippen LogP) is 3.94. The van der Waals surface area contributed by atoms with E-state index in [2.05, 4.69) is 11.1 Å². The summed E-state index contributed by atoms with van der Waals surface area (Å²) in [6.45, 7) is 1.74. The van der Waals surface area contributed by atoms with Crippen molar-refractivity contribution in [3.8, 4) is 0 Å². The van der Waals surface area contributed by atoms with E-state index in [9.17, 15) is 9.59 Å². The highest BCUT2D eigenvalue weighted by Crippen LogP contribution is 2.41. The maximum Gasteiger partial charge on any atom is 0.337 e. The number of halogens is 2. The van der Waals surface area contributed by atoms with Crippen LogP contribution in [0.4, 0.5) is 10.6 Å². The number of urea groups is 1. The molecule has 2 aliphatic rings. The molecule has 1 aromatic carbocycles. The lowest BCUT2D eigenvalue weighted by molar-refractivity contribution is 0.0696. The Morgan fingerprint density at radius 1 is 1.23 bits per heavy atom. The summed E-state index contributed by atoms with van der Waals surface area (Å²) in [6.07, 6.45) is 4.87. The summed E-state index contributed by atoms with van der Waals surface area (Å²) in [4.78, 5) is 31.7. The number of amides is 2. The molecule has 1 saturated heterocycles. The zero-order valence-electron chi connectivity index (χ0n) is 17.0. The Bertz CT molecular complexity index is 946. The molecule has 4 rings (SSSR count). The van der Waals surface area contributed by atoms with Crippen molar-refractivity contribution in [2.75, 3.05) is 24.5 Å². The van der Waals surface area contributed by atoms with Gasteiger partial charge in [0.15, 0.2) is 0 Å². The lowest BCUT2D eigenvalue weighted by atomic mass is 9.68. The van der Waals surface area contributed by atoms with Gasteiger partial charge in [0, 0.05) is 42.3 Å². The number of anilines is 1. The monoisotopic (exact) mass is 464 g/mol. The molecule has 2 heterocycles. The third-order valence-electron chi connectivity index (χ3n) is 6.49. The molecule has 0 atom stereocenters. The van der Waals surface area contributed by atoms with Crippen LogP contribution in [0.15, 0.2) is 42.6 Å². The van der Waals surface area contributed by atoms with E-state index in [1.54, 1.807) is 11.0 Å². The molecule has 0 radical (unpaired) electrons. The third kappa shape index (κ3) is 4.49. The third-order valence-corrected chi connectivity index (χ3v) is 6.73. The molecule has 1 aliphatic heterocycles. The van der Waals surface area contributed by atoms with Gasteiger partial charge in [0.05, 0.1) is 5.56 Å². The summed E-state index contributed by atoms with van der Waals surface area (Å²) in [5, 5.41) is 9.74. The number of pyridine rings is 1. The number of carbonyl (C=O) groups excluding carboxylic acids is 1. The van der Waals surface area contributed by atoms with Gasteiger partial charge in [0.2, 0.25) is 0 Å². The van der Waals surface area contributed by atoms with Crippen molar-refractivity contribution in [1.29, 1.82) is 0 Å². The van der Waals surface area contributed by atoms with Crippen LogP contribution in [0.1, 0.15) is 41.6 Å². The van der Waals surface area contributed by atoms with Crippen LogP contribution < -0.4 is 10.6 Å². The van der Waals surface area contributed by atoms with Gasteiger partial charge in [-0.05, 0) is 55.5 Å². The Labute approximate surface area is 192 Å². The van der Waals surface area contributed by atoms with Gasteiger partial charge in [0.25, 0.3) is 0 Å². The van der Waals surface area contributed by atoms with Gasteiger partial charge in [-0.25, -0.2) is 14.6 Å². The molecule has 166 valence electrons. The molecule has 2 amide bonds. The Morgan fingerprint density at radius 3 is 2.55 bits per heavy atom. The van der Waals surface area contributed by atoms with Crippen LogP contribution in [0.25, 0.3) is 0 Å². The minimum absolute atomic E-state index is 0. The Kier molecular flexibility index (Phi) is 7.09. The number of benzene rings is 1. The van der Waals surface area contributed by atoms with Crippen molar-refractivity contribution in [2.24, 2.45) is 5.73 Å². The summed E-state index contributed by atoms with van der Waals surface area (Å²) in [6, 6.07) is 11.1. The maximum absolute atomic E-state index is 13.0. The normalized spacial score (nSPS) is 23.5. The molecular weight excluding hydrogens is 439 g/mol. The highest BCUT2D eigenvalue weighted by molar-refractivity contribution is 6.30. The first-order valence-corrected chi connectivity index (χ1v) is 10.5. The molecule has 2 aromatic rings. The van der Waals surface area contributed by atoms with Crippen molar-refractivity contribution in [3.63, 3.8) is 0 Å². The van der Waals surface area contributed by atoms with E-state index in [4.69, 9.17) is 22.4 Å². The number of carboxylic acids is 1. The molecule has 1 aromatic heterocycles. The molecular formula is C22H26Cl2N4O3. The molecule has 7 nitrogen and oxygen atoms in total. The van der Waals surface area contributed by atoms with E-state index in [0.29, 0.717) is 30.5 Å². The molecule has 0 spiro atoms. The van der Waals surface area contributed by atoms with Gasteiger partial charge >= 0.3 is 12.0 Å². The first-order valence-electron chi connectivity index (χ1n) is 10.2. The van der Waals surface area contributed by atoms with E-state index in [0.717, 1.165) is 25.7 Å². The van der Waals surface area contributed by atoms with Crippen LogP contribution in [0.2, 0.25) is 5.02 Å². The molecule has 3 N–H and O–H groups in total. The summed E-state index contributed by atoms with van der Waals surface area (Å²) in [5.74, 6) is -0.549. The zero-order chi connectivity index (χ0) is 21.3. The largest absolute Gasteiger partial charge is 0.478 e. The van der Waals surface area contributed by atoms with Crippen molar-refractivity contribution in [3.05, 3.63) is 58.7 Å². The standard InChI is InChI=1S/C22H25ClN4O3.ClH/c23-17-3-1-2-16(12-17)22(14-24)8-6-18(7-9-22)26-10-11-27(21(26)30)19-5-4-15(13-25-19)20(28)29;/h1-5,12-13,18H,6-11,14,24H2,(H,28,29);1H/t18-,22-;. The summed E-state index contributed by atoms with van der Waals surface area (Å²) in [5.41, 5.74) is 7.38. The number of hydrogen-bond acceptors (Lipinski definition) is 4. The van der Waals surface area contributed by atoms with Gasteiger partial charge in [-0.2, -0.15) is 0 Å². The molecule has 0 unspecified atom stereocenters. The van der Waals surface area contributed by atoms with Crippen LogP contribution in [0.3, 0.4) is 0 Å². The van der Waals surface area contributed by atoms with Crippen LogP contribution in [0.5, 0.6) is 0 Å². The fourth-order valence-corrected chi connectivity index (χ4v) is 4.86. The molecule has 1 saturated carbocycles. The van der Waals surface area contributed by atoms with Crippen molar-refractivity contribution in [1.82, 2.24) is 9.88 Å². The lowest BCUT2D eigenvalue weighted by Gasteiger charge is -2.42. The number of nitrogens with zero attached hydrogens (tertiary/aromatic N) is 3. The molecule has 31 heavy (non-hydrogen) atoms. The number of aromatic nitrogens is 1. The summed E-state index contributed by atoms with van der Waals surface area (Å²) < 4.78 is 0. The number of rotatable bonds is 5. The van der Waals surface area contributed by atoms with Gasteiger partial charge in [-0.15, -0.1) is 12.4 Å². The number of carboxylic acid groups (broad SMARTS) is 1. The Balaban J connectivity index is 0.00000272. The highest BCUT2D eigenvalue weighted by atomic mass is 35.5. The maximum atomic E-state index is 13.0. The van der Waals surface area contributed by atoms with Crippen LogP contribution in [0, 0.1) is 0 Å². The number of aromatic carboxylic acids is 1. The Morgan fingerprint density at radius 2 is 1.97 bits per heavy atom. The van der Waals surface area contributed by atoms with Crippen LogP contribution in [-0.2, 0) is 5.41 Å². The van der Waals surface area contributed by atoms with Gasteiger partial charge in [0.1, 0.15) is 5.82 Å². The van der Waals surface area contributed by atoms with E-state index in [-0.39, 0.29) is 35.5 Å². The number of hydrogen-bond donors (Lipinski definition) is 2. The number of nitrogens with two attached hydrogens (primary N) is 1. The lowest BCUT2D eigenvalue weighted by Crippen LogP contribution is -2.47. The zero-order valence-corrected chi connectivity index (χ0v) is 18.6. The molecule has 2 fully saturated rings. The van der Waals surface area contributed by atoms with Crippen LogP contribution in [-0.4, -0.2) is 52.7 Å². The van der Waals surface area contributed by atoms with Gasteiger partial charge in [-0.3, -0.25) is 4.90 Å². The SMILES string of the molecule is Cl.NC[C@]1(c2cccc(Cl)c2)CC[C@H](N2CCN(c3ccc(C(=O)O)cn3)C2=O)CC1. The first kappa shape index (κ1) is 23.3. The first-order chi connectivity index (χ1) is 14.4. The van der Waals surface area contributed by atoms with E-state index in [1.807, 2.05) is 23.1 Å². The quantitative estimate of drug-likeness (QED) is 0.697. The predicted molar refractivity (Wildman–Crippen MR) is 122 cm³/mol. The highest BCUT2D eigenvalue weighted by Gasteiger charge is 2.41. The smallest absolute Gasteiger partial charge is 0.337 e. The minimum Gasteiger partial charge on any atom is -0.478 e. The van der Waals surface area contributed by atoms with Crippen molar-refractivity contribution in [2.45, 2.75) is 37.1 Å². The topological polar surface area (TPSA) is 99.8 Å². The molecule has 1 aliphatic carbocycles. The van der Waals surface area contributed by atoms with Crippen LogP contribution >= 0.6 is 24.0 Å². The Hall–Kier alpha value is -2.35. The fourth-order valence-electron chi connectivity index (χ4n) is 4.67. The van der Waals surface area contributed by atoms with Crippen molar-refractivity contribution < 1.29 is 14.7 Å². The van der Waals surface area contributed by atoms with Gasteiger partial charge in [-0.1, -0.05) is 23.7 Å². The fraction of sp³-hybridized carbons (Fsp3) is 0.409.